The SMILES string of the molecule is C=C/C=C\C(=C)CCC(OC(CC)CC)C(C)(CC)CC. The molecule has 0 amide bonds. The molecule has 0 saturated carbocycles. The highest BCUT2D eigenvalue weighted by atomic mass is 16.5. The zero-order valence-corrected chi connectivity index (χ0v) is 15.0. The van der Waals surface area contributed by atoms with Crippen LogP contribution < -0.4 is 0 Å². The van der Waals surface area contributed by atoms with Crippen LogP contribution in [0.5, 0.6) is 0 Å². The van der Waals surface area contributed by atoms with Crippen molar-refractivity contribution in [2.45, 2.75) is 85.4 Å². The fourth-order valence-electron chi connectivity index (χ4n) is 2.60. The highest BCUT2D eigenvalue weighted by Gasteiger charge is 2.32. The number of rotatable bonds is 12. The molecule has 1 nitrogen and oxygen atoms in total. The average molecular weight is 293 g/mol. The lowest BCUT2D eigenvalue weighted by Gasteiger charge is -2.38. The van der Waals surface area contributed by atoms with E-state index in [1.165, 1.54) is 0 Å². The molecule has 21 heavy (non-hydrogen) atoms. The normalized spacial score (nSPS) is 13.8. The summed E-state index contributed by atoms with van der Waals surface area (Å²) in [5.74, 6) is 0. The van der Waals surface area contributed by atoms with Crippen molar-refractivity contribution >= 4 is 0 Å². The second-order valence-electron chi connectivity index (χ2n) is 6.22. The van der Waals surface area contributed by atoms with Crippen LogP contribution >= 0.6 is 0 Å². The van der Waals surface area contributed by atoms with Gasteiger partial charge in [-0.1, -0.05) is 71.6 Å². The largest absolute Gasteiger partial charge is 0.374 e. The van der Waals surface area contributed by atoms with E-state index >= 15 is 0 Å². The maximum absolute atomic E-state index is 6.47. The standard InChI is InChI=1S/C20H36O/c1-8-13-14-17(6)15-16-19(20(7,11-4)12-5)21-18(9-2)10-3/h8,13-14,18-19H,1,6,9-12,15-16H2,2-5,7H3/b14-13-. The number of hydrogen-bond acceptors (Lipinski definition) is 1. The van der Waals surface area contributed by atoms with Gasteiger partial charge in [-0.2, -0.15) is 0 Å². The molecular weight excluding hydrogens is 256 g/mol. The van der Waals surface area contributed by atoms with Crippen LogP contribution in [0, 0.1) is 5.41 Å². The van der Waals surface area contributed by atoms with E-state index in [0.29, 0.717) is 12.2 Å². The summed E-state index contributed by atoms with van der Waals surface area (Å²) in [6.45, 7) is 19.2. The first-order valence-corrected chi connectivity index (χ1v) is 8.59. The number of allylic oxidation sites excluding steroid dienone is 4. The lowest BCUT2D eigenvalue weighted by molar-refractivity contribution is -0.0866. The van der Waals surface area contributed by atoms with Gasteiger partial charge in [-0.15, -0.1) is 0 Å². The van der Waals surface area contributed by atoms with Crippen LogP contribution in [0.15, 0.2) is 37.0 Å². The summed E-state index contributed by atoms with van der Waals surface area (Å²) in [5.41, 5.74) is 1.41. The van der Waals surface area contributed by atoms with Crippen LogP contribution in [0.4, 0.5) is 0 Å². The number of hydrogen-bond donors (Lipinski definition) is 0. The highest BCUT2D eigenvalue weighted by molar-refractivity contribution is 5.18. The van der Waals surface area contributed by atoms with E-state index < -0.39 is 0 Å². The van der Waals surface area contributed by atoms with E-state index in [0.717, 1.165) is 44.1 Å². The van der Waals surface area contributed by atoms with Gasteiger partial charge in [-0.05, 0) is 43.9 Å². The summed E-state index contributed by atoms with van der Waals surface area (Å²) < 4.78 is 6.47. The van der Waals surface area contributed by atoms with E-state index in [1.54, 1.807) is 6.08 Å². The molecule has 1 atom stereocenters. The van der Waals surface area contributed by atoms with Gasteiger partial charge < -0.3 is 4.74 Å². The van der Waals surface area contributed by atoms with Crippen molar-refractivity contribution in [1.29, 1.82) is 0 Å². The quantitative estimate of drug-likeness (QED) is 0.375. The third kappa shape index (κ3) is 7.13. The Kier molecular flexibility index (Phi) is 10.4. The first-order valence-electron chi connectivity index (χ1n) is 8.59. The maximum atomic E-state index is 6.47. The van der Waals surface area contributed by atoms with Gasteiger partial charge in [0.2, 0.25) is 0 Å². The molecule has 1 unspecified atom stereocenters. The molecule has 0 aliphatic heterocycles. The van der Waals surface area contributed by atoms with E-state index in [9.17, 15) is 0 Å². The second-order valence-corrected chi connectivity index (χ2v) is 6.22. The van der Waals surface area contributed by atoms with Crippen LogP contribution in [0.3, 0.4) is 0 Å². The highest BCUT2D eigenvalue weighted by Crippen LogP contribution is 2.36. The van der Waals surface area contributed by atoms with Gasteiger partial charge >= 0.3 is 0 Å². The molecule has 0 rings (SSSR count). The molecule has 0 aromatic carbocycles. The summed E-state index contributed by atoms with van der Waals surface area (Å²) in [7, 11) is 0. The molecular formula is C20H36O. The van der Waals surface area contributed by atoms with Crippen molar-refractivity contribution in [3.05, 3.63) is 37.0 Å². The molecule has 0 saturated heterocycles. The molecule has 0 radical (unpaired) electrons. The third-order valence-electron chi connectivity index (χ3n) is 4.86. The summed E-state index contributed by atoms with van der Waals surface area (Å²) in [6.07, 6.45) is 13.0. The Labute approximate surface area is 133 Å². The first-order chi connectivity index (χ1) is 9.97. The molecule has 0 aromatic heterocycles. The zero-order valence-electron chi connectivity index (χ0n) is 15.0. The topological polar surface area (TPSA) is 9.23 Å². The summed E-state index contributed by atoms with van der Waals surface area (Å²) in [4.78, 5) is 0. The summed E-state index contributed by atoms with van der Waals surface area (Å²) in [6, 6.07) is 0. The van der Waals surface area contributed by atoms with E-state index in [4.69, 9.17) is 4.74 Å². The maximum Gasteiger partial charge on any atom is 0.0635 e. The minimum absolute atomic E-state index is 0.255. The average Bonchev–Trinajstić information content (AvgIpc) is 2.52. The van der Waals surface area contributed by atoms with Crippen LogP contribution in [0.1, 0.15) is 73.1 Å². The zero-order chi connectivity index (χ0) is 16.3. The third-order valence-corrected chi connectivity index (χ3v) is 4.86. The molecule has 0 spiro atoms. The van der Waals surface area contributed by atoms with Gasteiger partial charge in [-0.25, -0.2) is 0 Å². The summed E-state index contributed by atoms with van der Waals surface area (Å²) >= 11 is 0. The van der Waals surface area contributed by atoms with Crippen molar-refractivity contribution < 1.29 is 4.74 Å². The van der Waals surface area contributed by atoms with Gasteiger partial charge in [0, 0.05) is 0 Å². The van der Waals surface area contributed by atoms with Crippen molar-refractivity contribution in [3.8, 4) is 0 Å². The predicted octanol–water partition coefficient (Wildman–Crippen LogP) is 6.47. The predicted molar refractivity (Wildman–Crippen MR) is 95.6 cm³/mol. The van der Waals surface area contributed by atoms with E-state index in [-0.39, 0.29) is 5.41 Å². The van der Waals surface area contributed by atoms with Crippen molar-refractivity contribution in [1.82, 2.24) is 0 Å². The Bertz CT molecular complexity index is 319. The van der Waals surface area contributed by atoms with Gasteiger partial charge in [0.1, 0.15) is 0 Å². The Morgan fingerprint density at radius 1 is 1.14 bits per heavy atom. The Hall–Kier alpha value is -0.820. The molecule has 0 bridgehead atoms. The fourth-order valence-corrected chi connectivity index (χ4v) is 2.60. The van der Waals surface area contributed by atoms with E-state index in [1.807, 2.05) is 6.08 Å². The molecule has 0 N–H and O–H groups in total. The smallest absolute Gasteiger partial charge is 0.0635 e. The minimum Gasteiger partial charge on any atom is -0.374 e. The summed E-state index contributed by atoms with van der Waals surface area (Å²) in [5, 5.41) is 0. The van der Waals surface area contributed by atoms with E-state index in [2.05, 4.69) is 53.9 Å². The van der Waals surface area contributed by atoms with Crippen molar-refractivity contribution in [2.24, 2.45) is 5.41 Å². The lowest BCUT2D eigenvalue weighted by Crippen LogP contribution is -2.36. The molecule has 0 aromatic rings. The van der Waals surface area contributed by atoms with Gasteiger partial charge in [0.25, 0.3) is 0 Å². The molecule has 122 valence electrons. The monoisotopic (exact) mass is 292 g/mol. The number of ether oxygens (including phenoxy) is 1. The lowest BCUT2D eigenvalue weighted by atomic mass is 9.76. The van der Waals surface area contributed by atoms with Crippen LogP contribution in [0.25, 0.3) is 0 Å². The van der Waals surface area contributed by atoms with Gasteiger partial charge in [-0.3, -0.25) is 0 Å². The van der Waals surface area contributed by atoms with Crippen LogP contribution in [0.2, 0.25) is 0 Å². The van der Waals surface area contributed by atoms with Crippen LogP contribution in [-0.2, 0) is 4.74 Å². The Morgan fingerprint density at radius 3 is 2.14 bits per heavy atom. The Balaban J connectivity index is 4.84. The molecule has 0 aliphatic rings. The fraction of sp³-hybridized carbons (Fsp3) is 0.700. The second kappa shape index (κ2) is 10.8. The Morgan fingerprint density at radius 2 is 1.71 bits per heavy atom. The first kappa shape index (κ1) is 20.2. The van der Waals surface area contributed by atoms with Gasteiger partial charge in [0.15, 0.2) is 0 Å². The molecule has 0 heterocycles. The van der Waals surface area contributed by atoms with Crippen molar-refractivity contribution in [2.75, 3.05) is 0 Å². The van der Waals surface area contributed by atoms with Crippen molar-refractivity contribution in [3.63, 3.8) is 0 Å². The van der Waals surface area contributed by atoms with Crippen LogP contribution in [-0.4, -0.2) is 12.2 Å². The molecule has 0 fully saturated rings. The van der Waals surface area contributed by atoms with Gasteiger partial charge in [0.05, 0.1) is 12.2 Å². The minimum atomic E-state index is 0.255. The molecule has 1 heteroatoms. The molecule has 0 aliphatic carbocycles.